The maximum atomic E-state index is 11.8. The zero-order valence-electron chi connectivity index (χ0n) is 20.8. The molecule has 1 aliphatic rings. The highest BCUT2D eigenvalue weighted by molar-refractivity contribution is 5.90. The fraction of sp³-hybridized carbons (Fsp3) is 0.250. The van der Waals surface area contributed by atoms with Gasteiger partial charge < -0.3 is 25.8 Å². The molecule has 3 aromatic carbocycles. The van der Waals surface area contributed by atoms with Gasteiger partial charge in [-0.05, 0) is 47.9 Å². The molecule has 0 radical (unpaired) electrons. The Bertz CT molecular complexity index is 1450. The van der Waals surface area contributed by atoms with Crippen LogP contribution in [0.25, 0.3) is 10.9 Å². The molecule has 0 saturated heterocycles. The third-order valence-corrected chi connectivity index (χ3v) is 6.43. The Labute approximate surface area is 215 Å². The van der Waals surface area contributed by atoms with Crippen molar-refractivity contribution in [3.63, 3.8) is 0 Å². The van der Waals surface area contributed by atoms with E-state index in [1.165, 1.54) is 0 Å². The van der Waals surface area contributed by atoms with Crippen molar-refractivity contribution < 1.29 is 14.3 Å². The molecule has 1 aliphatic heterocycles. The SMILES string of the molecule is COCCOC1(c2cc(Nc3ccc4[nH]ncc4c3)ccc2C(C)CC(N)=O)N=Cc2ccccc2N1. The molecule has 1 amide bonds. The van der Waals surface area contributed by atoms with E-state index in [1.807, 2.05) is 73.8 Å². The number of fused-ring (bicyclic) bond motifs is 2. The number of nitrogens with two attached hydrogens (primary N) is 1. The second kappa shape index (κ2) is 10.4. The molecule has 0 saturated carbocycles. The number of carbonyl (C=O) groups is 1. The second-order valence-electron chi connectivity index (χ2n) is 9.13. The minimum atomic E-state index is -1.22. The lowest BCUT2D eigenvalue weighted by atomic mass is 9.89. The first kappa shape index (κ1) is 24.5. The maximum Gasteiger partial charge on any atom is 0.265 e. The lowest BCUT2D eigenvalue weighted by Gasteiger charge is -2.37. The van der Waals surface area contributed by atoms with Crippen LogP contribution in [0.3, 0.4) is 0 Å². The lowest BCUT2D eigenvalue weighted by Crippen LogP contribution is -2.41. The number of hydrogen-bond donors (Lipinski definition) is 4. The monoisotopic (exact) mass is 498 g/mol. The summed E-state index contributed by atoms with van der Waals surface area (Å²) in [6.45, 7) is 2.68. The number of methoxy groups -OCH3 is 1. The predicted octanol–water partition coefficient (Wildman–Crippen LogP) is 4.60. The first-order valence-electron chi connectivity index (χ1n) is 12.2. The summed E-state index contributed by atoms with van der Waals surface area (Å²) in [5, 5.41) is 15.1. The van der Waals surface area contributed by atoms with Gasteiger partial charge in [0.2, 0.25) is 5.91 Å². The van der Waals surface area contributed by atoms with Crippen LogP contribution in [-0.2, 0) is 20.1 Å². The molecule has 2 heterocycles. The van der Waals surface area contributed by atoms with Gasteiger partial charge in [0.15, 0.2) is 0 Å². The van der Waals surface area contributed by atoms with Gasteiger partial charge >= 0.3 is 0 Å². The molecular weight excluding hydrogens is 468 g/mol. The van der Waals surface area contributed by atoms with E-state index < -0.39 is 5.85 Å². The fourth-order valence-corrected chi connectivity index (χ4v) is 4.62. The summed E-state index contributed by atoms with van der Waals surface area (Å²) in [4.78, 5) is 16.7. The van der Waals surface area contributed by atoms with Crippen LogP contribution in [0.4, 0.5) is 17.1 Å². The number of aliphatic imine (C=N–C) groups is 1. The molecule has 0 fully saturated rings. The molecule has 9 nitrogen and oxygen atoms in total. The van der Waals surface area contributed by atoms with Gasteiger partial charge in [-0.3, -0.25) is 9.89 Å². The number of primary amides is 1. The van der Waals surface area contributed by atoms with Crippen molar-refractivity contribution in [1.29, 1.82) is 0 Å². The number of para-hydroxylation sites is 1. The molecule has 2 unspecified atom stereocenters. The molecule has 9 heteroatoms. The summed E-state index contributed by atoms with van der Waals surface area (Å²) in [6.07, 6.45) is 3.80. The van der Waals surface area contributed by atoms with Crippen LogP contribution in [-0.4, -0.2) is 42.6 Å². The third-order valence-electron chi connectivity index (χ3n) is 6.43. The summed E-state index contributed by atoms with van der Waals surface area (Å²) in [7, 11) is 1.63. The van der Waals surface area contributed by atoms with Crippen LogP contribution in [0.1, 0.15) is 36.0 Å². The van der Waals surface area contributed by atoms with Crippen molar-refractivity contribution in [1.82, 2.24) is 10.2 Å². The largest absolute Gasteiger partial charge is 0.382 e. The van der Waals surface area contributed by atoms with E-state index in [0.29, 0.717) is 13.2 Å². The highest BCUT2D eigenvalue weighted by Crippen LogP contribution is 2.40. The van der Waals surface area contributed by atoms with Gasteiger partial charge in [-0.25, -0.2) is 4.99 Å². The number of aromatic amines is 1. The quantitative estimate of drug-likeness (QED) is 0.237. The Morgan fingerprint density at radius 3 is 2.76 bits per heavy atom. The summed E-state index contributed by atoms with van der Waals surface area (Å²) >= 11 is 0. The van der Waals surface area contributed by atoms with Gasteiger partial charge in [-0.1, -0.05) is 31.2 Å². The standard InChI is InChI=1S/C28H30N6O3/c1-18(13-27(29)35)23-9-7-22(32-21-8-10-26-20(14-21)17-31-34-26)15-24(23)28(37-12-11-36-2)30-16-19-5-3-4-6-25(19)33-28/h3-10,14-18,32-33H,11-13H2,1-2H3,(H2,29,35)(H,31,34). The zero-order chi connectivity index (χ0) is 25.8. The molecule has 1 aromatic heterocycles. The van der Waals surface area contributed by atoms with Gasteiger partial charge in [0.25, 0.3) is 5.85 Å². The van der Waals surface area contributed by atoms with Crippen LogP contribution in [0.15, 0.2) is 71.9 Å². The van der Waals surface area contributed by atoms with Crippen LogP contribution >= 0.6 is 0 Å². The number of benzene rings is 3. The maximum absolute atomic E-state index is 11.8. The van der Waals surface area contributed by atoms with Gasteiger partial charge in [0, 0.05) is 53.3 Å². The Balaban J connectivity index is 1.59. The lowest BCUT2D eigenvalue weighted by molar-refractivity contribution is -0.118. The van der Waals surface area contributed by atoms with Crippen LogP contribution in [0, 0.1) is 0 Å². The minimum Gasteiger partial charge on any atom is -0.382 e. The number of ether oxygens (including phenoxy) is 2. The van der Waals surface area contributed by atoms with Crippen molar-refractivity contribution in [2.45, 2.75) is 25.1 Å². The molecular formula is C28H30N6O3. The molecule has 0 spiro atoms. The third kappa shape index (κ3) is 5.18. The fourth-order valence-electron chi connectivity index (χ4n) is 4.62. The average Bonchev–Trinajstić information content (AvgIpc) is 3.36. The van der Waals surface area contributed by atoms with Crippen molar-refractivity contribution in [3.8, 4) is 0 Å². The number of amides is 1. The Kier molecular flexibility index (Phi) is 6.89. The van der Waals surface area contributed by atoms with Crippen molar-refractivity contribution in [2.75, 3.05) is 31.0 Å². The van der Waals surface area contributed by atoms with Crippen LogP contribution in [0.5, 0.6) is 0 Å². The topological polar surface area (TPSA) is 127 Å². The number of hydrogen-bond acceptors (Lipinski definition) is 7. The highest BCUT2D eigenvalue weighted by Gasteiger charge is 2.38. The van der Waals surface area contributed by atoms with Crippen molar-refractivity contribution in [3.05, 3.63) is 83.6 Å². The molecule has 4 aromatic rings. The molecule has 0 bridgehead atoms. The Morgan fingerprint density at radius 1 is 1.11 bits per heavy atom. The van der Waals surface area contributed by atoms with Crippen molar-refractivity contribution >= 4 is 40.1 Å². The molecule has 5 rings (SSSR count). The molecule has 0 aliphatic carbocycles. The first-order chi connectivity index (χ1) is 18.0. The number of nitrogens with zero attached hydrogens (tertiary/aromatic N) is 2. The Hall–Kier alpha value is -4.21. The van der Waals surface area contributed by atoms with Crippen LogP contribution < -0.4 is 16.4 Å². The van der Waals surface area contributed by atoms with Gasteiger partial charge in [-0.15, -0.1) is 0 Å². The average molecular weight is 499 g/mol. The summed E-state index contributed by atoms with van der Waals surface area (Å²) in [5.74, 6) is -1.74. The van der Waals surface area contributed by atoms with E-state index in [1.54, 1.807) is 13.3 Å². The first-order valence-corrected chi connectivity index (χ1v) is 12.2. The second-order valence-corrected chi connectivity index (χ2v) is 9.13. The predicted molar refractivity (Wildman–Crippen MR) is 145 cm³/mol. The molecule has 37 heavy (non-hydrogen) atoms. The number of carbonyl (C=O) groups excluding carboxylic acids is 1. The molecule has 2 atom stereocenters. The van der Waals surface area contributed by atoms with Crippen LogP contribution in [0.2, 0.25) is 0 Å². The molecule has 5 N–H and O–H groups in total. The van der Waals surface area contributed by atoms with Gasteiger partial charge in [0.05, 0.1) is 24.9 Å². The Morgan fingerprint density at radius 2 is 1.92 bits per heavy atom. The van der Waals surface area contributed by atoms with E-state index in [4.69, 9.17) is 20.2 Å². The van der Waals surface area contributed by atoms with Crippen molar-refractivity contribution in [2.24, 2.45) is 10.7 Å². The summed E-state index contributed by atoms with van der Waals surface area (Å²) < 4.78 is 11.7. The molecule has 190 valence electrons. The number of nitrogens with one attached hydrogen (secondary N) is 3. The van der Waals surface area contributed by atoms with E-state index >= 15 is 0 Å². The van der Waals surface area contributed by atoms with E-state index in [0.717, 1.165) is 44.7 Å². The van der Waals surface area contributed by atoms with E-state index in [2.05, 4.69) is 20.8 Å². The highest BCUT2D eigenvalue weighted by atomic mass is 16.6. The van der Waals surface area contributed by atoms with E-state index in [9.17, 15) is 4.79 Å². The summed E-state index contributed by atoms with van der Waals surface area (Å²) in [6, 6.07) is 19.9. The smallest absolute Gasteiger partial charge is 0.265 e. The normalized spacial score (nSPS) is 17.2. The number of anilines is 3. The zero-order valence-corrected chi connectivity index (χ0v) is 20.8. The minimum absolute atomic E-state index is 0.152. The van der Waals surface area contributed by atoms with E-state index in [-0.39, 0.29) is 18.2 Å². The number of rotatable bonds is 10. The number of H-pyrrole nitrogens is 1. The summed E-state index contributed by atoms with van der Waals surface area (Å²) in [5.41, 5.74) is 11.9. The number of aromatic nitrogens is 2. The van der Waals surface area contributed by atoms with Gasteiger partial charge in [0.1, 0.15) is 0 Å². The van der Waals surface area contributed by atoms with Gasteiger partial charge in [-0.2, -0.15) is 5.10 Å².